The first kappa shape index (κ1) is 22.0. The number of phenolic OH excluding ortho intramolecular Hbond substituents is 1. The molecule has 162 valence electrons. The van der Waals surface area contributed by atoms with Crippen LogP contribution in [0.15, 0.2) is 42.0 Å². The highest BCUT2D eigenvalue weighted by Crippen LogP contribution is 2.44. The van der Waals surface area contributed by atoms with E-state index in [0.717, 1.165) is 32.1 Å². The van der Waals surface area contributed by atoms with Crippen molar-refractivity contribution < 1.29 is 19.8 Å². The number of hydrogen-bond donors (Lipinski definition) is 2. The molecule has 0 spiro atoms. The molecule has 0 aromatic heterocycles. The van der Waals surface area contributed by atoms with E-state index in [0.29, 0.717) is 10.6 Å². The van der Waals surface area contributed by atoms with Crippen LogP contribution in [0.1, 0.15) is 49.3 Å². The summed E-state index contributed by atoms with van der Waals surface area (Å²) in [4.78, 5) is 27.8. The molecule has 4 rings (SSSR count). The molecule has 1 saturated heterocycles. The molecule has 2 aromatic rings. The summed E-state index contributed by atoms with van der Waals surface area (Å²) in [5, 5.41) is 21.6. The van der Waals surface area contributed by atoms with E-state index in [1.807, 2.05) is 0 Å². The van der Waals surface area contributed by atoms with Crippen LogP contribution >= 0.6 is 34.8 Å². The zero-order valence-electron chi connectivity index (χ0n) is 16.4. The highest BCUT2D eigenvalue weighted by atomic mass is 35.5. The number of rotatable bonds is 3. The van der Waals surface area contributed by atoms with E-state index < -0.39 is 17.7 Å². The molecule has 2 fully saturated rings. The maximum absolute atomic E-state index is 13.1. The predicted molar refractivity (Wildman–Crippen MR) is 121 cm³/mol. The van der Waals surface area contributed by atoms with Gasteiger partial charge in [-0.05, 0) is 48.7 Å². The number of Topliss-reactive ketones (excluding diaryl/α,β-unsaturated/α-hetero) is 1. The molecule has 1 aliphatic carbocycles. The first-order valence-electron chi connectivity index (χ1n) is 10.0. The van der Waals surface area contributed by atoms with Crippen LogP contribution in [0.2, 0.25) is 15.1 Å². The lowest BCUT2D eigenvalue weighted by molar-refractivity contribution is -0.141. The summed E-state index contributed by atoms with van der Waals surface area (Å²) in [5.74, 6) is -1.85. The van der Waals surface area contributed by atoms with E-state index in [1.54, 1.807) is 17.0 Å². The molecule has 1 heterocycles. The van der Waals surface area contributed by atoms with E-state index in [4.69, 9.17) is 34.8 Å². The summed E-state index contributed by atoms with van der Waals surface area (Å²) < 4.78 is 0. The van der Waals surface area contributed by atoms with Gasteiger partial charge >= 0.3 is 0 Å². The number of ketones is 1. The zero-order valence-corrected chi connectivity index (χ0v) is 18.7. The largest absolute Gasteiger partial charge is 0.507 e. The minimum absolute atomic E-state index is 0.0317. The maximum Gasteiger partial charge on any atom is 0.295 e. The molecule has 2 aliphatic rings. The van der Waals surface area contributed by atoms with Gasteiger partial charge in [0.25, 0.3) is 11.7 Å². The van der Waals surface area contributed by atoms with Crippen molar-refractivity contribution in [1.29, 1.82) is 0 Å². The van der Waals surface area contributed by atoms with Gasteiger partial charge in [-0.2, -0.15) is 0 Å². The average molecular weight is 481 g/mol. The first-order chi connectivity index (χ1) is 14.8. The fraction of sp³-hybridized carbons (Fsp3) is 0.304. The molecular formula is C23H20Cl3NO4. The molecule has 1 aliphatic heterocycles. The monoisotopic (exact) mass is 479 g/mol. The normalized spacial score (nSPS) is 21.6. The lowest BCUT2D eigenvalue weighted by Gasteiger charge is -2.35. The third-order valence-corrected chi connectivity index (χ3v) is 6.97. The van der Waals surface area contributed by atoms with Gasteiger partial charge in [0.1, 0.15) is 11.5 Å². The van der Waals surface area contributed by atoms with Crippen LogP contribution in [0.4, 0.5) is 0 Å². The van der Waals surface area contributed by atoms with Crippen LogP contribution in [0, 0.1) is 0 Å². The number of amides is 1. The van der Waals surface area contributed by atoms with Gasteiger partial charge in [-0.25, -0.2) is 0 Å². The van der Waals surface area contributed by atoms with Crippen LogP contribution in [0.25, 0.3) is 5.76 Å². The molecule has 1 atom stereocenters. The SMILES string of the molecule is O=C1C(=O)N(C2CCCCC2)C(c2ccc(O)c(Cl)c2)/C1=C(/O)c1ccc(Cl)c(Cl)c1. The second kappa shape index (κ2) is 8.73. The number of likely N-dealkylation sites (tertiary alicyclic amines) is 1. The van der Waals surface area contributed by atoms with Gasteiger partial charge in [-0.1, -0.05) is 60.1 Å². The molecule has 8 heteroatoms. The number of aromatic hydroxyl groups is 1. The Balaban J connectivity index is 1.90. The van der Waals surface area contributed by atoms with Crippen molar-refractivity contribution in [2.75, 3.05) is 0 Å². The summed E-state index contributed by atoms with van der Waals surface area (Å²) in [6.45, 7) is 0. The number of phenols is 1. The number of carbonyl (C=O) groups is 2. The number of carbonyl (C=O) groups excluding carboxylic acids is 2. The van der Waals surface area contributed by atoms with Gasteiger partial charge < -0.3 is 15.1 Å². The third-order valence-electron chi connectivity index (χ3n) is 5.93. The molecule has 1 unspecified atom stereocenters. The molecule has 1 amide bonds. The Labute approximate surface area is 194 Å². The Morgan fingerprint density at radius 3 is 2.26 bits per heavy atom. The summed E-state index contributed by atoms with van der Waals surface area (Å²) in [7, 11) is 0. The van der Waals surface area contributed by atoms with Crippen molar-refractivity contribution in [1.82, 2.24) is 4.90 Å². The van der Waals surface area contributed by atoms with Crippen molar-refractivity contribution in [2.24, 2.45) is 0 Å². The second-order valence-electron chi connectivity index (χ2n) is 7.84. The lowest BCUT2D eigenvalue weighted by Crippen LogP contribution is -2.40. The Hall–Kier alpha value is -2.21. The van der Waals surface area contributed by atoms with Crippen molar-refractivity contribution in [3.63, 3.8) is 0 Å². The summed E-state index contributed by atoms with van der Waals surface area (Å²) in [6.07, 6.45) is 4.57. The lowest BCUT2D eigenvalue weighted by atomic mass is 9.91. The number of aliphatic hydroxyl groups is 1. The molecule has 1 saturated carbocycles. The number of halogens is 3. The summed E-state index contributed by atoms with van der Waals surface area (Å²) >= 11 is 18.2. The predicted octanol–water partition coefficient (Wildman–Crippen LogP) is 6.11. The van der Waals surface area contributed by atoms with E-state index in [-0.39, 0.29) is 38.7 Å². The van der Waals surface area contributed by atoms with Crippen molar-refractivity contribution in [3.05, 3.63) is 68.2 Å². The average Bonchev–Trinajstić information content (AvgIpc) is 3.03. The molecular weight excluding hydrogens is 461 g/mol. The van der Waals surface area contributed by atoms with Gasteiger partial charge in [0.15, 0.2) is 0 Å². The number of benzene rings is 2. The van der Waals surface area contributed by atoms with Crippen LogP contribution in [-0.2, 0) is 9.59 Å². The minimum atomic E-state index is -0.823. The van der Waals surface area contributed by atoms with E-state index in [9.17, 15) is 19.8 Å². The van der Waals surface area contributed by atoms with Crippen LogP contribution in [-0.4, -0.2) is 32.8 Å². The van der Waals surface area contributed by atoms with Crippen molar-refractivity contribution >= 4 is 52.3 Å². The summed E-state index contributed by atoms with van der Waals surface area (Å²) in [6, 6.07) is 8.10. The standard InChI is InChI=1S/C23H20Cl3NO4/c24-15-8-6-13(11-16(15)25)21(29)19-20(12-7-9-18(28)17(26)10-12)27(23(31)22(19)30)14-4-2-1-3-5-14/h6-11,14,20,28-29H,1-5H2/b21-19-. The quantitative estimate of drug-likeness (QED) is 0.316. The van der Waals surface area contributed by atoms with E-state index >= 15 is 0 Å². The van der Waals surface area contributed by atoms with E-state index in [1.165, 1.54) is 24.3 Å². The Bertz CT molecular complexity index is 1090. The first-order valence-corrected chi connectivity index (χ1v) is 11.2. The van der Waals surface area contributed by atoms with Crippen molar-refractivity contribution in [3.8, 4) is 5.75 Å². The smallest absolute Gasteiger partial charge is 0.295 e. The minimum Gasteiger partial charge on any atom is -0.507 e. The molecule has 2 aromatic carbocycles. The fourth-order valence-corrected chi connectivity index (χ4v) is 4.89. The van der Waals surface area contributed by atoms with Crippen molar-refractivity contribution in [2.45, 2.75) is 44.2 Å². The van der Waals surface area contributed by atoms with Crippen LogP contribution in [0.3, 0.4) is 0 Å². The molecule has 5 nitrogen and oxygen atoms in total. The Morgan fingerprint density at radius 1 is 0.903 bits per heavy atom. The maximum atomic E-state index is 13.1. The highest BCUT2D eigenvalue weighted by Gasteiger charge is 2.49. The Kier molecular flexibility index (Phi) is 6.20. The molecule has 31 heavy (non-hydrogen) atoms. The van der Waals surface area contributed by atoms with Crippen LogP contribution < -0.4 is 0 Å². The van der Waals surface area contributed by atoms with Gasteiger partial charge in [-0.3, -0.25) is 9.59 Å². The highest BCUT2D eigenvalue weighted by molar-refractivity contribution is 6.47. The van der Waals surface area contributed by atoms with Gasteiger partial charge in [0.05, 0.1) is 26.7 Å². The third kappa shape index (κ3) is 4.02. The molecule has 0 radical (unpaired) electrons. The van der Waals surface area contributed by atoms with Gasteiger partial charge in [0.2, 0.25) is 0 Å². The van der Waals surface area contributed by atoms with E-state index in [2.05, 4.69) is 0 Å². The fourth-order valence-electron chi connectivity index (χ4n) is 4.41. The van der Waals surface area contributed by atoms with Gasteiger partial charge in [0, 0.05) is 11.6 Å². The second-order valence-corrected chi connectivity index (χ2v) is 9.06. The number of aliphatic hydroxyl groups excluding tert-OH is 1. The molecule has 0 bridgehead atoms. The van der Waals surface area contributed by atoms with Crippen LogP contribution in [0.5, 0.6) is 5.75 Å². The zero-order chi connectivity index (χ0) is 22.3. The topological polar surface area (TPSA) is 77.8 Å². The molecule has 2 N–H and O–H groups in total. The summed E-state index contributed by atoms with van der Waals surface area (Å²) in [5.41, 5.74) is 0.788. The Morgan fingerprint density at radius 2 is 1.61 bits per heavy atom. The van der Waals surface area contributed by atoms with Gasteiger partial charge in [-0.15, -0.1) is 0 Å². The number of nitrogens with zero attached hydrogens (tertiary/aromatic N) is 1. The number of hydrogen-bond acceptors (Lipinski definition) is 4.